The number of aromatic nitrogens is 1. The largest absolute Gasteiger partial charge is 0.350 e. The molecule has 4 N–H and O–H groups in total. The average Bonchev–Trinajstić information content (AvgIpc) is 3.31. The molecule has 2 aliphatic rings. The van der Waals surface area contributed by atoms with Gasteiger partial charge >= 0.3 is 0 Å². The highest BCUT2D eigenvalue weighted by atomic mass is 19.1. The van der Waals surface area contributed by atoms with E-state index < -0.39 is 6.29 Å². The summed E-state index contributed by atoms with van der Waals surface area (Å²) in [4.78, 5) is 17.5. The smallest absolute Gasteiger partial charge is 0.253 e. The number of amidine groups is 1. The predicted octanol–water partition coefficient (Wildman–Crippen LogP) is 3.18. The Hall–Kier alpha value is -3.75. The molecule has 8 heteroatoms. The third-order valence-corrected chi connectivity index (χ3v) is 5.74. The molecule has 32 heavy (non-hydrogen) atoms. The van der Waals surface area contributed by atoms with Gasteiger partial charge in [-0.15, -0.1) is 0 Å². The summed E-state index contributed by atoms with van der Waals surface area (Å²) < 4.78 is 15.5. The number of hydrogen-bond donors (Lipinski definition) is 3. The second-order valence-corrected chi connectivity index (χ2v) is 7.98. The van der Waals surface area contributed by atoms with Crippen molar-refractivity contribution >= 4 is 28.2 Å². The van der Waals surface area contributed by atoms with Crippen molar-refractivity contribution in [1.29, 1.82) is 0 Å². The summed E-state index contributed by atoms with van der Waals surface area (Å²) in [5.41, 5.74) is 13.0. The molecular weight excluding hydrogens is 407 g/mol. The molecule has 2 atom stereocenters. The number of hydrazine groups is 1. The molecule has 162 valence electrons. The van der Waals surface area contributed by atoms with Crippen LogP contribution in [0, 0.1) is 5.82 Å². The maximum absolute atomic E-state index is 13.6. The van der Waals surface area contributed by atoms with Gasteiger partial charge in [0.1, 0.15) is 11.7 Å². The average molecular weight is 430 g/mol. The van der Waals surface area contributed by atoms with Gasteiger partial charge in [0.2, 0.25) is 0 Å². The summed E-state index contributed by atoms with van der Waals surface area (Å²) in [5, 5.41) is 5.60. The van der Waals surface area contributed by atoms with Gasteiger partial charge in [-0.1, -0.05) is 18.2 Å². The van der Waals surface area contributed by atoms with Crippen molar-refractivity contribution in [1.82, 2.24) is 20.3 Å². The number of nitrogens with two attached hydrogens (primary N) is 1. The van der Waals surface area contributed by atoms with Crippen molar-refractivity contribution < 1.29 is 9.18 Å². The molecule has 0 bridgehead atoms. The fraction of sp³-hybridized carbons (Fsp3) is 0.167. The molecule has 2 unspecified atom stereocenters. The minimum Gasteiger partial charge on any atom is -0.350 e. The molecule has 0 radical (unpaired) electrons. The highest BCUT2D eigenvalue weighted by Crippen LogP contribution is 2.28. The van der Waals surface area contributed by atoms with Gasteiger partial charge in [-0.3, -0.25) is 15.5 Å². The maximum Gasteiger partial charge on any atom is 0.253 e. The van der Waals surface area contributed by atoms with Crippen molar-refractivity contribution in [2.75, 3.05) is 0 Å². The Morgan fingerprint density at radius 3 is 2.94 bits per heavy atom. The molecular formula is C24H23FN6O. The Bertz CT molecular complexity index is 1320. The molecule has 7 nitrogen and oxygen atoms in total. The van der Waals surface area contributed by atoms with Crippen molar-refractivity contribution in [2.24, 2.45) is 17.8 Å². The molecule has 1 aromatic heterocycles. The monoisotopic (exact) mass is 430 g/mol. The van der Waals surface area contributed by atoms with Crippen LogP contribution in [-0.2, 0) is 7.05 Å². The second kappa shape index (κ2) is 7.74. The highest BCUT2D eigenvalue weighted by Gasteiger charge is 2.22. The van der Waals surface area contributed by atoms with Crippen molar-refractivity contribution in [3.05, 3.63) is 89.5 Å². The number of carbonyl (C=O) groups excluding carboxylic acids is 1. The van der Waals surface area contributed by atoms with Crippen LogP contribution in [0.25, 0.3) is 16.5 Å². The van der Waals surface area contributed by atoms with Crippen molar-refractivity contribution in [3.8, 4) is 0 Å². The Morgan fingerprint density at radius 1 is 1.28 bits per heavy atom. The van der Waals surface area contributed by atoms with E-state index in [2.05, 4.69) is 15.7 Å². The molecule has 5 rings (SSSR count). The number of nitrogens with zero attached hydrogens (tertiary/aromatic N) is 3. The van der Waals surface area contributed by atoms with Crippen LogP contribution in [0.5, 0.6) is 0 Å². The van der Waals surface area contributed by atoms with E-state index >= 15 is 0 Å². The van der Waals surface area contributed by atoms with E-state index in [1.165, 1.54) is 12.1 Å². The zero-order chi connectivity index (χ0) is 22.4. The summed E-state index contributed by atoms with van der Waals surface area (Å²) in [7, 11) is 1.91. The van der Waals surface area contributed by atoms with Crippen LogP contribution in [0.1, 0.15) is 34.5 Å². The van der Waals surface area contributed by atoms with E-state index in [0.717, 1.165) is 27.9 Å². The zero-order valence-electron chi connectivity index (χ0n) is 17.7. The van der Waals surface area contributed by atoms with E-state index in [9.17, 15) is 9.18 Å². The quantitative estimate of drug-likeness (QED) is 0.593. The van der Waals surface area contributed by atoms with Gasteiger partial charge in [-0.25, -0.2) is 9.38 Å². The van der Waals surface area contributed by atoms with Crippen LogP contribution in [0.2, 0.25) is 0 Å². The molecule has 3 heterocycles. The first-order valence-electron chi connectivity index (χ1n) is 10.3. The standard InChI is InChI=1S/C24H23FN6O/c1-14(15-4-3-5-18(25)10-15)27-23(32)20-13-30(2)21-7-6-16(11-19(20)21)17-8-9-31-22(12-17)28-24(26)29-31/h3-14,24,29H,26H2,1-2H3,(H,27,32). The second-order valence-electron chi connectivity index (χ2n) is 7.98. The van der Waals surface area contributed by atoms with Crippen LogP contribution >= 0.6 is 0 Å². The Balaban J connectivity index is 1.47. The molecule has 2 aliphatic heterocycles. The number of hydrogen-bond acceptors (Lipinski definition) is 5. The summed E-state index contributed by atoms with van der Waals surface area (Å²) in [6.07, 6.45) is 7.16. The van der Waals surface area contributed by atoms with E-state index in [-0.39, 0.29) is 17.8 Å². The summed E-state index contributed by atoms with van der Waals surface area (Å²) in [5.74, 6) is 0.207. The van der Waals surface area contributed by atoms with Gasteiger partial charge in [0.05, 0.1) is 11.6 Å². The van der Waals surface area contributed by atoms with E-state index in [1.54, 1.807) is 17.1 Å². The van der Waals surface area contributed by atoms with Crippen LogP contribution in [0.15, 0.2) is 72.0 Å². The minimum atomic E-state index is -0.461. The van der Waals surface area contributed by atoms with Crippen LogP contribution in [0.4, 0.5) is 4.39 Å². The molecule has 0 spiro atoms. The fourth-order valence-corrected chi connectivity index (χ4v) is 4.08. The van der Waals surface area contributed by atoms with Crippen molar-refractivity contribution in [3.63, 3.8) is 0 Å². The number of rotatable bonds is 4. The molecule has 0 saturated heterocycles. The number of carbonyl (C=O) groups is 1. The summed E-state index contributed by atoms with van der Waals surface area (Å²) in [6.45, 7) is 1.84. The lowest BCUT2D eigenvalue weighted by Gasteiger charge is -2.19. The third-order valence-electron chi connectivity index (χ3n) is 5.74. The lowest BCUT2D eigenvalue weighted by molar-refractivity contribution is 0.0941. The number of aryl methyl sites for hydroxylation is 1. The van der Waals surface area contributed by atoms with E-state index in [4.69, 9.17) is 5.73 Å². The molecule has 0 saturated carbocycles. The Morgan fingerprint density at radius 2 is 2.12 bits per heavy atom. The molecule has 3 aromatic rings. The SMILES string of the molecule is CC(NC(=O)c1cn(C)c2ccc(C3=CC4=NC(N)NN4C=C3)cc12)c1cccc(F)c1. The number of nitrogens with one attached hydrogen (secondary N) is 2. The van der Waals surface area contributed by atoms with Gasteiger partial charge in [-0.05, 0) is 60.0 Å². The van der Waals surface area contributed by atoms with Crippen LogP contribution in [0.3, 0.4) is 0 Å². The number of aliphatic imine (C=N–C) groups is 1. The van der Waals surface area contributed by atoms with Gasteiger partial charge in [0.15, 0.2) is 6.29 Å². The predicted molar refractivity (Wildman–Crippen MR) is 123 cm³/mol. The lowest BCUT2D eigenvalue weighted by Crippen LogP contribution is -2.40. The van der Waals surface area contributed by atoms with Crippen LogP contribution in [-0.4, -0.2) is 27.6 Å². The zero-order valence-corrected chi connectivity index (χ0v) is 17.7. The summed E-state index contributed by atoms with van der Waals surface area (Å²) >= 11 is 0. The first-order valence-corrected chi connectivity index (χ1v) is 10.3. The van der Waals surface area contributed by atoms with E-state index in [1.807, 2.05) is 61.3 Å². The number of amides is 1. The maximum atomic E-state index is 13.6. The lowest BCUT2D eigenvalue weighted by atomic mass is 10.0. The minimum absolute atomic E-state index is 0.209. The Labute approximate surface area is 184 Å². The van der Waals surface area contributed by atoms with E-state index in [0.29, 0.717) is 11.1 Å². The topological polar surface area (TPSA) is 87.7 Å². The number of halogens is 1. The van der Waals surface area contributed by atoms with Gasteiger partial charge in [0, 0.05) is 30.3 Å². The van der Waals surface area contributed by atoms with Gasteiger partial charge in [0.25, 0.3) is 5.91 Å². The number of allylic oxidation sites excluding steroid dienone is 2. The molecule has 0 fully saturated rings. The van der Waals surface area contributed by atoms with Crippen LogP contribution < -0.4 is 16.5 Å². The normalized spacial score (nSPS) is 18.4. The molecule has 0 aliphatic carbocycles. The van der Waals surface area contributed by atoms with Crippen molar-refractivity contribution in [2.45, 2.75) is 19.3 Å². The molecule has 2 aromatic carbocycles. The van der Waals surface area contributed by atoms with Gasteiger partial charge < -0.3 is 9.88 Å². The third kappa shape index (κ3) is 3.59. The number of benzene rings is 2. The first kappa shape index (κ1) is 20.2. The Kier molecular flexibility index (Phi) is 4.88. The van der Waals surface area contributed by atoms with Gasteiger partial charge in [-0.2, -0.15) is 5.43 Å². The highest BCUT2D eigenvalue weighted by molar-refractivity contribution is 6.09. The fourth-order valence-electron chi connectivity index (χ4n) is 4.08. The molecule has 1 amide bonds. The summed E-state index contributed by atoms with van der Waals surface area (Å²) in [6, 6.07) is 12.0. The first-order chi connectivity index (χ1) is 15.4. The number of fused-ring (bicyclic) bond motifs is 2.